The minimum absolute atomic E-state index is 0.586. The van der Waals surface area contributed by atoms with Crippen molar-refractivity contribution in [1.82, 2.24) is 15.2 Å². The van der Waals surface area contributed by atoms with Gasteiger partial charge in [0, 0.05) is 31.6 Å². The first-order valence-corrected chi connectivity index (χ1v) is 8.08. The Morgan fingerprint density at radius 2 is 2.25 bits per heavy atom. The van der Waals surface area contributed by atoms with Crippen LogP contribution in [-0.4, -0.2) is 35.1 Å². The highest BCUT2D eigenvalue weighted by molar-refractivity contribution is 4.96. The summed E-state index contributed by atoms with van der Waals surface area (Å²) in [5, 5.41) is 3.71. The number of aryl methyl sites for hydroxylation is 1. The third-order valence-electron chi connectivity index (χ3n) is 4.65. The van der Waals surface area contributed by atoms with Crippen molar-refractivity contribution in [1.29, 1.82) is 0 Å². The Hall–Kier alpha value is -0.870. The molecular formula is C16H29N3O. The summed E-state index contributed by atoms with van der Waals surface area (Å²) in [6.45, 7) is 12.0. The maximum Gasteiger partial charge on any atom is 0.208 e. The van der Waals surface area contributed by atoms with E-state index in [0.29, 0.717) is 18.0 Å². The molecule has 1 aliphatic rings. The third kappa shape index (κ3) is 3.61. The van der Waals surface area contributed by atoms with Crippen molar-refractivity contribution >= 4 is 0 Å². The molecule has 114 valence electrons. The zero-order chi connectivity index (χ0) is 14.5. The van der Waals surface area contributed by atoms with E-state index in [1.54, 1.807) is 0 Å². The second-order valence-corrected chi connectivity index (χ2v) is 5.97. The first-order chi connectivity index (χ1) is 9.67. The Balaban J connectivity index is 2.01. The summed E-state index contributed by atoms with van der Waals surface area (Å²) < 4.78 is 5.78. The highest BCUT2D eigenvalue weighted by atomic mass is 16.4. The predicted octanol–water partition coefficient (Wildman–Crippen LogP) is 2.84. The van der Waals surface area contributed by atoms with Gasteiger partial charge in [0.05, 0.1) is 12.7 Å². The molecule has 4 heteroatoms. The van der Waals surface area contributed by atoms with Crippen LogP contribution in [0.15, 0.2) is 10.6 Å². The summed E-state index contributed by atoms with van der Waals surface area (Å²) in [7, 11) is 0. The molecular weight excluding hydrogens is 250 g/mol. The molecule has 1 aliphatic heterocycles. The van der Waals surface area contributed by atoms with Crippen LogP contribution in [0.2, 0.25) is 0 Å². The maximum absolute atomic E-state index is 5.78. The average molecular weight is 279 g/mol. The van der Waals surface area contributed by atoms with E-state index in [9.17, 15) is 0 Å². The van der Waals surface area contributed by atoms with Crippen molar-refractivity contribution in [2.75, 3.05) is 13.1 Å². The summed E-state index contributed by atoms with van der Waals surface area (Å²) in [5.41, 5.74) is 0. The smallest absolute Gasteiger partial charge is 0.208 e. The zero-order valence-electron chi connectivity index (χ0n) is 13.4. The number of oxazole rings is 1. The van der Waals surface area contributed by atoms with Crippen LogP contribution in [0.25, 0.3) is 0 Å². The Bertz CT molecular complexity index is 404. The van der Waals surface area contributed by atoms with Crippen LogP contribution in [0.3, 0.4) is 0 Å². The minimum Gasteiger partial charge on any atom is -0.444 e. The van der Waals surface area contributed by atoms with Crippen LogP contribution in [-0.2, 0) is 13.0 Å². The zero-order valence-corrected chi connectivity index (χ0v) is 13.4. The van der Waals surface area contributed by atoms with Gasteiger partial charge in [-0.2, -0.15) is 0 Å². The van der Waals surface area contributed by atoms with Crippen molar-refractivity contribution in [3.63, 3.8) is 0 Å². The predicted molar refractivity (Wildman–Crippen MR) is 81.6 cm³/mol. The summed E-state index contributed by atoms with van der Waals surface area (Å²) in [6.07, 6.45) is 5.18. The van der Waals surface area contributed by atoms with E-state index in [-0.39, 0.29) is 0 Å². The number of nitrogens with one attached hydrogen (secondary N) is 1. The monoisotopic (exact) mass is 279 g/mol. The molecule has 1 N–H and O–H groups in total. The van der Waals surface area contributed by atoms with Crippen molar-refractivity contribution in [2.45, 2.75) is 65.6 Å². The van der Waals surface area contributed by atoms with Crippen LogP contribution in [0.1, 0.15) is 52.2 Å². The summed E-state index contributed by atoms with van der Waals surface area (Å²) in [5.74, 6) is 2.57. The van der Waals surface area contributed by atoms with Crippen molar-refractivity contribution < 1.29 is 4.42 Å². The lowest BCUT2D eigenvalue weighted by atomic mass is 9.95. The van der Waals surface area contributed by atoms with E-state index in [2.05, 4.69) is 42.9 Å². The van der Waals surface area contributed by atoms with Crippen LogP contribution < -0.4 is 5.32 Å². The topological polar surface area (TPSA) is 41.3 Å². The van der Waals surface area contributed by atoms with Crippen LogP contribution in [0, 0.1) is 5.92 Å². The molecule has 0 aliphatic carbocycles. The summed E-state index contributed by atoms with van der Waals surface area (Å²) >= 11 is 0. The van der Waals surface area contributed by atoms with Gasteiger partial charge in [0.2, 0.25) is 5.89 Å². The second kappa shape index (κ2) is 7.23. The number of hydrogen-bond donors (Lipinski definition) is 1. The van der Waals surface area contributed by atoms with Crippen LogP contribution in [0.5, 0.6) is 0 Å². The molecule has 0 radical (unpaired) electrons. The molecule has 1 aromatic rings. The Labute approximate surface area is 122 Å². The Morgan fingerprint density at radius 3 is 2.85 bits per heavy atom. The van der Waals surface area contributed by atoms with Gasteiger partial charge in [0.25, 0.3) is 0 Å². The van der Waals surface area contributed by atoms with E-state index in [4.69, 9.17) is 4.42 Å². The lowest BCUT2D eigenvalue weighted by Crippen LogP contribution is -2.57. The Kier molecular flexibility index (Phi) is 5.61. The van der Waals surface area contributed by atoms with E-state index in [1.807, 2.05) is 6.20 Å². The SMILES string of the molecule is CCc1cnc(CN2CC(C(C)CC)NCC2CC)o1. The lowest BCUT2D eigenvalue weighted by Gasteiger charge is -2.41. The molecule has 20 heavy (non-hydrogen) atoms. The fourth-order valence-corrected chi connectivity index (χ4v) is 2.90. The van der Waals surface area contributed by atoms with E-state index >= 15 is 0 Å². The molecule has 4 nitrogen and oxygen atoms in total. The highest BCUT2D eigenvalue weighted by Crippen LogP contribution is 2.19. The van der Waals surface area contributed by atoms with E-state index < -0.39 is 0 Å². The van der Waals surface area contributed by atoms with Crippen LogP contribution >= 0.6 is 0 Å². The molecule has 0 amide bonds. The molecule has 0 spiro atoms. The molecule has 2 rings (SSSR count). The van der Waals surface area contributed by atoms with Gasteiger partial charge in [-0.25, -0.2) is 4.98 Å². The average Bonchev–Trinajstić information content (AvgIpc) is 2.94. The summed E-state index contributed by atoms with van der Waals surface area (Å²) in [6, 6.07) is 1.18. The number of hydrogen-bond acceptors (Lipinski definition) is 4. The van der Waals surface area contributed by atoms with E-state index in [1.165, 1.54) is 12.8 Å². The second-order valence-electron chi connectivity index (χ2n) is 5.97. The van der Waals surface area contributed by atoms with Gasteiger partial charge in [0.15, 0.2) is 0 Å². The van der Waals surface area contributed by atoms with Crippen molar-refractivity contribution in [3.8, 4) is 0 Å². The fourth-order valence-electron chi connectivity index (χ4n) is 2.90. The molecule has 0 bridgehead atoms. The first-order valence-electron chi connectivity index (χ1n) is 8.08. The van der Waals surface area contributed by atoms with Crippen molar-refractivity contribution in [3.05, 3.63) is 17.8 Å². The number of aromatic nitrogens is 1. The number of nitrogens with zero attached hydrogens (tertiary/aromatic N) is 2. The maximum atomic E-state index is 5.78. The minimum atomic E-state index is 0.586. The molecule has 0 aromatic carbocycles. The van der Waals surface area contributed by atoms with E-state index in [0.717, 1.165) is 37.7 Å². The number of piperazine rings is 1. The third-order valence-corrected chi connectivity index (χ3v) is 4.65. The molecule has 2 heterocycles. The van der Waals surface area contributed by atoms with Gasteiger partial charge < -0.3 is 9.73 Å². The highest BCUT2D eigenvalue weighted by Gasteiger charge is 2.29. The molecule has 1 fully saturated rings. The van der Waals surface area contributed by atoms with Crippen LogP contribution in [0.4, 0.5) is 0 Å². The normalized spacial score (nSPS) is 25.8. The van der Waals surface area contributed by atoms with Gasteiger partial charge in [-0.1, -0.05) is 34.1 Å². The van der Waals surface area contributed by atoms with Crippen molar-refractivity contribution in [2.24, 2.45) is 5.92 Å². The van der Waals surface area contributed by atoms with Gasteiger partial charge >= 0.3 is 0 Å². The van der Waals surface area contributed by atoms with Gasteiger partial charge in [-0.15, -0.1) is 0 Å². The van der Waals surface area contributed by atoms with Gasteiger partial charge in [0.1, 0.15) is 5.76 Å². The first kappa shape index (κ1) is 15.5. The molecule has 3 unspecified atom stereocenters. The lowest BCUT2D eigenvalue weighted by molar-refractivity contribution is 0.0902. The Morgan fingerprint density at radius 1 is 1.45 bits per heavy atom. The summed E-state index contributed by atoms with van der Waals surface area (Å²) in [4.78, 5) is 6.95. The van der Waals surface area contributed by atoms with Gasteiger partial charge in [-0.3, -0.25) is 4.90 Å². The van der Waals surface area contributed by atoms with Gasteiger partial charge in [-0.05, 0) is 12.3 Å². The standard InChI is InChI=1S/C16H29N3O/c1-5-12(4)15-10-19(13(6-2)8-17-15)11-16-18-9-14(7-3)20-16/h9,12-13,15,17H,5-8,10-11H2,1-4H3. The molecule has 1 aromatic heterocycles. The molecule has 3 atom stereocenters. The fraction of sp³-hybridized carbons (Fsp3) is 0.812. The largest absolute Gasteiger partial charge is 0.444 e. The molecule has 1 saturated heterocycles. The number of rotatable bonds is 6. The molecule has 0 saturated carbocycles. The quantitative estimate of drug-likeness (QED) is 0.869.